The average molecular weight is 317 g/mol. The van der Waals surface area contributed by atoms with E-state index in [1.807, 2.05) is 6.92 Å². The Bertz CT molecular complexity index is 470. The van der Waals surface area contributed by atoms with Gasteiger partial charge >= 0.3 is 11.9 Å². The number of carbonyl (C=O) groups excluding carboxylic acids is 2. The van der Waals surface area contributed by atoms with Crippen LogP contribution in [0.5, 0.6) is 0 Å². The summed E-state index contributed by atoms with van der Waals surface area (Å²) in [7, 11) is 0. The first-order valence-electron chi connectivity index (χ1n) is 6.78. The Morgan fingerprint density at radius 2 is 1.86 bits per heavy atom. The van der Waals surface area contributed by atoms with E-state index in [0.717, 1.165) is 6.42 Å². The molecule has 0 aliphatic rings. The quantitative estimate of drug-likeness (QED) is 0.687. The third-order valence-corrected chi connectivity index (χ3v) is 3.02. The number of esters is 2. The summed E-state index contributed by atoms with van der Waals surface area (Å²) in [5, 5.41) is 0.214. The van der Waals surface area contributed by atoms with Crippen molar-refractivity contribution >= 4 is 23.5 Å². The molecule has 6 heteroatoms. The Morgan fingerprint density at radius 1 is 1.19 bits per heavy atom. The minimum absolute atomic E-state index is 0.0767. The van der Waals surface area contributed by atoms with Crippen LogP contribution >= 0.6 is 11.6 Å². The molecule has 0 aromatic heterocycles. The van der Waals surface area contributed by atoms with Crippen molar-refractivity contribution in [3.63, 3.8) is 0 Å². The van der Waals surface area contributed by atoms with E-state index in [2.05, 4.69) is 0 Å². The third kappa shape index (κ3) is 6.58. The van der Waals surface area contributed by atoms with E-state index < -0.39 is 11.8 Å². The number of ether oxygens (including phenoxy) is 2. The molecule has 1 aromatic carbocycles. The third-order valence-electron chi connectivity index (χ3n) is 2.67. The molecule has 0 aliphatic carbocycles. The molecule has 0 saturated carbocycles. The fourth-order valence-corrected chi connectivity index (χ4v) is 1.78. The van der Waals surface area contributed by atoms with Crippen LogP contribution in [0.4, 0.5) is 4.39 Å². The van der Waals surface area contributed by atoms with Crippen LogP contribution in [0.25, 0.3) is 0 Å². The highest BCUT2D eigenvalue weighted by atomic mass is 35.5. The van der Waals surface area contributed by atoms with Gasteiger partial charge in [-0.2, -0.15) is 0 Å². The maximum Gasteiger partial charge on any atom is 0.306 e. The van der Waals surface area contributed by atoms with Crippen LogP contribution in [0, 0.1) is 5.82 Å². The molecule has 0 bridgehead atoms. The van der Waals surface area contributed by atoms with Crippen molar-refractivity contribution in [2.45, 2.75) is 39.2 Å². The minimum atomic E-state index is -0.515. The zero-order valence-electron chi connectivity index (χ0n) is 11.9. The second-order valence-corrected chi connectivity index (χ2v) is 4.84. The lowest BCUT2D eigenvalue weighted by Gasteiger charge is -2.07. The summed E-state index contributed by atoms with van der Waals surface area (Å²) in [6.07, 6.45) is 1.34. The molecule has 0 heterocycles. The standard InChI is InChI=1S/C15H18ClFO4/c1-2-9-20-14(18)7-4-8-15(19)21-10-11-12(16)5-3-6-13(11)17/h3,5-6H,2,4,7-10H2,1H3. The topological polar surface area (TPSA) is 52.6 Å². The normalized spacial score (nSPS) is 10.2. The molecule has 1 rings (SSSR count). The summed E-state index contributed by atoms with van der Waals surface area (Å²) >= 11 is 5.81. The van der Waals surface area contributed by atoms with Gasteiger partial charge in [0.25, 0.3) is 0 Å². The molecule has 0 saturated heterocycles. The predicted octanol–water partition coefficient (Wildman–Crippen LogP) is 3.65. The molecule has 0 aliphatic heterocycles. The van der Waals surface area contributed by atoms with E-state index in [0.29, 0.717) is 13.0 Å². The minimum Gasteiger partial charge on any atom is -0.466 e. The SMILES string of the molecule is CCCOC(=O)CCCC(=O)OCc1c(F)cccc1Cl. The lowest BCUT2D eigenvalue weighted by molar-refractivity contribution is -0.146. The zero-order valence-corrected chi connectivity index (χ0v) is 12.6. The fourth-order valence-electron chi connectivity index (χ4n) is 1.56. The van der Waals surface area contributed by atoms with Crippen LogP contribution < -0.4 is 0 Å². The lowest BCUT2D eigenvalue weighted by Crippen LogP contribution is -2.09. The summed E-state index contributed by atoms with van der Waals surface area (Å²) in [6, 6.07) is 4.25. The van der Waals surface area contributed by atoms with Gasteiger partial charge in [0.2, 0.25) is 0 Å². The lowest BCUT2D eigenvalue weighted by atomic mass is 10.2. The van der Waals surface area contributed by atoms with Gasteiger partial charge in [0, 0.05) is 18.4 Å². The molecule has 1 aromatic rings. The molecule has 0 unspecified atom stereocenters. The molecular formula is C15H18ClFO4. The summed E-state index contributed by atoms with van der Waals surface area (Å²) in [6.45, 7) is 2.07. The molecule has 0 N–H and O–H groups in total. The molecule has 21 heavy (non-hydrogen) atoms. The first-order valence-corrected chi connectivity index (χ1v) is 7.16. The van der Waals surface area contributed by atoms with Crippen molar-refractivity contribution in [2.75, 3.05) is 6.61 Å². The monoisotopic (exact) mass is 316 g/mol. The Balaban J connectivity index is 2.27. The molecule has 0 atom stereocenters. The number of hydrogen-bond donors (Lipinski definition) is 0. The smallest absolute Gasteiger partial charge is 0.306 e. The number of benzene rings is 1. The first-order chi connectivity index (χ1) is 10.0. The Morgan fingerprint density at radius 3 is 2.48 bits per heavy atom. The largest absolute Gasteiger partial charge is 0.466 e. The van der Waals surface area contributed by atoms with Gasteiger partial charge in [-0.05, 0) is 25.0 Å². The van der Waals surface area contributed by atoms with E-state index in [9.17, 15) is 14.0 Å². The molecular weight excluding hydrogens is 299 g/mol. The van der Waals surface area contributed by atoms with Crippen molar-refractivity contribution in [3.05, 3.63) is 34.6 Å². The zero-order chi connectivity index (χ0) is 15.7. The first kappa shape index (κ1) is 17.4. The Labute approximate surface area is 128 Å². The summed E-state index contributed by atoms with van der Waals surface area (Å²) in [4.78, 5) is 22.7. The van der Waals surface area contributed by atoms with Gasteiger partial charge in [0.15, 0.2) is 0 Å². The van der Waals surface area contributed by atoms with Crippen LogP contribution in [0.1, 0.15) is 38.2 Å². The summed E-state index contributed by atoms with van der Waals surface area (Å²) < 4.78 is 23.3. The van der Waals surface area contributed by atoms with E-state index in [1.54, 1.807) is 0 Å². The van der Waals surface area contributed by atoms with Crippen LogP contribution in [-0.4, -0.2) is 18.5 Å². The summed E-state index contributed by atoms with van der Waals surface area (Å²) in [5.41, 5.74) is 0.148. The van der Waals surface area contributed by atoms with E-state index in [4.69, 9.17) is 21.1 Å². The van der Waals surface area contributed by atoms with Gasteiger partial charge in [0.05, 0.1) is 11.6 Å². The molecule has 4 nitrogen and oxygen atoms in total. The van der Waals surface area contributed by atoms with E-state index >= 15 is 0 Å². The van der Waals surface area contributed by atoms with Crippen LogP contribution in [0.2, 0.25) is 5.02 Å². The van der Waals surface area contributed by atoms with Crippen molar-refractivity contribution in [1.29, 1.82) is 0 Å². The number of carbonyl (C=O) groups is 2. The van der Waals surface area contributed by atoms with Gasteiger partial charge in [-0.25, -0.2) is 4.39 Å². The second kappa shape index (κ2) is 9.34. The maximum atomic E-state index is 13.4. The Kier molecular flexibility index (Phi) is 7.75. The second-order valence-electron chi connectivity index (χ2n) is 4.43. The van der Waals surface area contributed by atoms with Gasteiger partial charge in [-0.3, -0.25) is 9.59 Å². The highest BCUT2D eigenvalue weighted by Gasteiger charge is 2.11. The molecule has 0 amide bonds. The van der Waals surface area contributed by atoms with Crippen molar-refractivity contribution in [3.8, 4) is 0 Å². The van der Waals surface area contributed by atoms with Gasteiger partial charge in [-0.15, -0.1) is 0 Å². The van der Waals surface area contributed by atoms with Crippen LogP contribution in [-0.2, 0) is 25.7 Å². The van der Waals surface area contributed by atoms with Crippen LogP contribution in [0.3, 0.4) is 0 Å². The molecule has 116 valence electrons. The molecule has 0 fully saturated rings. The van der Waals surface area contributed by atoms with Crippen molar-refractivity contribution in [2.24, 2.45) is 0 Å². The molecule has 0 radical (unpaired) electrons. The van der Waals surface area contributed by atoms with Gasteiger partial charge < -0.3 is 9.47 Å². The fraction of sp³-hybridized carbons (Fsp3) is 0.467. The van der Waals surface area contributed by atoms with Gasteiger partial charge in [0.1, 0.15) is 12.4 Å². The highest BCUT2D eigenvalue weighted by Crippen LogP contribution is 2.20. The van der Waals surface area contributed by atoms with Crippen LogP contribution in [0.15, 0.2) is 18.2 Å². The van der Waals surface area contributed by atoms with Gasteiger partial charge in [-0.1, -0.05) is 24.6 Å². The average Bonchev–Trinajstić information content (AvgIpc) is 2.44. The maximum absolute atomic E-state index is 13.4. The van der Waals surface area contributed by atoms with E-state index in [-0.39, 0.29) is 36.0 Å². The number of rotatable bonds is 8. The van der Waals surface area contributed by atoms with Crippen molar-refractivity contribution in [1.82, 2.24) is 0 Å². The van der Waals surface area contributed by atoms with Crippen molar-refractivity contribution < 1.29 is 23.5 Å². The van der Waals surface area contributed by atoms with E-state index in [1.165, 1.54) is 18.2 Å². The highest BCUT2D eigenvalue weighted by molar-refractivity contribution is 6.31. The predicted molar refractivity (Wildman–Crippen MR) is 76.3 cm³/mol. The summed E-state index contributed by atoms with van der Waals surface area (Å²) in [5.74, 6) is -1.35. The number of halogens is 2. The number of hydrogen-bond acceptors (Lipinski definition) is 4. The molecule has 0 spiro atoms. The Hall–Kier alpha value is -1.62.